The van der Waals surface area contributed by atoms with Gasteiger partial charge >= 0.3 is 0 Å². The van der Waals surface area contributed by atoms with Crippen molar-refractivity contribution in [1.82, 2.24) is 10.2 Å². The first-order chi connectivity index (χ1) is 20.1. The second kappa shape index (κ2) is 13.9. The Morgan fingerprint density at radius 1 is 0.952 bits per heavy atom. The third kappa shape index (κ3) is 7.35. The van der Waals surface area contributed by atoms with Gasteiger partial charge < -0.3 is 19.7 Å². The molecular weight excluding hydrogens is 578 g/mol. The van der Waals surface area contributed by atoms with E-state index in [9.17, 15) is 18.0 Å². The normalized spacial score (nSPS) is 14.2. The molecule has 4 rings (SSSR count). The number of benzene rings is 3. The Morgan fingerprint density at radius 3 is 2.21 bits per heavy atom. The minimum Gasteiger partial charge on any atom is -0.493 e. The summed E-state index contributed by atoms with van der Waals surface area (Å²) in [6.07, 6.45) is 3.89. The van der Waals surface area contributed by atoms with Gasteiger partial charge in [-0.15, -0.1) is 0 Å². The molecule has 3 aromatic rings. The molecule has 1 N–H and O–H groups in total. The lowest BCUT2D eigenvalue weighted by molar-refractivity contribution is -0.139. The van der Waals surface area contributed by atoms with Crippen molar-refractivity contribution in [2.45, 2.75) is 56.1 Å². The zero-order valence-electron chi connectivity index (χ0n) is 24.0. The first-order valence-corrected chi connectivity index (χ1v) is 15.6. The number of rotatable bonds is 12. The predicted octanol–water partition coefficient (Wildman–Crippen LogP) is 5.03. The maximum absolute atomic E-state index is 14.1. The summed E-state index contributed by atoms with van der Waals surface area (Å²) in [6, 6.07) is 18.8. The van der Waals surface area contributed by atoms with Crippen molar-refractivity contribution in [2.24, 2.45) is 0 Å². The number of nitrogens with one attached hydrogen (secondary N) is 1. The van der Waals surface area contributed by atoms with Crippen LogP contribution in [0.4, 0.5) is 5.69 Å². The Labute approximate surface area is 252 Å². The first kappa shape index (κ1) is 31.2. The summed E-state index contributed by atoms with van der Waals surface area (Å²) in [6.45, 7) is 1.22. The molecule has 0 aromatic heterocycles. The summed E-state index contributed by atoms with van der Waals surface area (Å²) in [4.78, 5) is 28.7. The molecule has 2 amide bonds. The van der Waals surface area contributed by atoms with Crippen molar-refractivity contribution in [1.29, 1.82) is 0 Å². The van der Waals surface area contributed by atoms with Crippen LogP contribution in [-0.2, 0) is 26.2 Å². The van der Waals surface area contributed by atoms with E-state index in [0.29, 0.717) is 16.5 Å². The summed E-state index contributed by atoms with van der Waals surface area (Å²) in [5, 5.41) is 3.60. The Bertz CT molecular complexity index is 1480. The molecule has 224 valence electrons. The summed E-state index contributed by atoms with van der Waals surface area (Å²) >= 11 is 6.07. The van der Waals surface area contributed by atoms with Crippen LogP contribution in [0.15, 0.2) is 77.7 Å². The highest BCUT2D eigenvalue weighted by Gasteiger charge is 2.33. The smallest absolute Gasteiger partial charge is 0.264 e. The van der Waals surface area contributed by atoms with Gasteiger partial charge in [-0.25, -0.2) is 8.42 Å². The number of para-hydroxylation sites is 1. The molecule has 1 atom stereocenters. The topological polar surface area (TPSA) is 105 Å². The Balaban J connectivity index is 1.69. The van der Waals surface area contributed by atoms with E-state index < -0.39 is 28.5 Å². The van der Waals surface area contributed by atoms with E-state index in [1.54, 1.807) is 61.5 Å². The number of carbonyl (C=O) groups excluding carboxylic acids is 2. The van der Waals surface area contributed by atoms with Gasteiger partial charge in [0.25, 0.3) is 10.0 Å². The molecule has 0 saturated heterocycles. The molecule has 0 bridgehead atoms. The highest BCUT2D eigenvalue weighted by molar-refractivity contribution is 7.92. The molecule has 42 heavy (non-hydrogen) atoms. The number of carbonyl (C=O) groups is 2. The van der Waals surface area contributed by atoms with E-state index in [-0.39, 0.29) is 29.1 Å². The van der Waals surface area contributed by atoms with Crippen molar-refractivity contribution in [3.63, 3.8) is 0 Å². The number of sulfonamides is 1. The largest absolute Gasteiger partial charge is 0.493 e. The fraction of sp³-hybridized carbons (Fsp3) is 0.355. The van der Waals surface area contributed by atoms with Crippen LogP contribution in [0.2, 0.25) is 5.02 Å². The second-order valence-corrected chi connectivity index (χ2v) is 12.5. The minimum absolute atomic E-state index is 0.0682. The SMILES string of the molecule is COc1ccc(S(=O)(=O)N(CC(=O)N(Cc2ccc(Cl)cc2)[C@@H](C)C(=O)NC2CCCC2)c2ccccc2)cc1OC. The van der Waals surface area contributed by atoms with E-state index in [0.717, 1.165) is 35.6 Å². The van der Waals surface area contributed by atoms with Gasteiger partial charge in [0.05, 0.1) is 24.8 Å². The third-order valence-corrected chi connectivity index (χ3v) is 9.42. The Kier molecular flexibility index (Phi) is 10.3. The number of hydrogen-bond donors (Lipinski definition) is 1. The number of nitrogens with zero attached hydrogens (tertiary/aromatic N) is 2. The van der Waals surface area contributed by atoms with Gasteiger partial charge in [-0.2, -0.15) is 0 Å². The van der Waals surface area contributed by atoms with Crippen LogP contribution >= 0.6 is 11.6 Å². The second-order valence-electron chi connectivity index (χ2n) is 10.2. The average molecular weight is 614 g/mol. The van der Waals surface area contributed by atoms with Crippen molar-refractivity contribution in [3.05, 3.63) is 83.4 Å². The summed E-state index contributed by atoms with van der Waals surface area (Å²) < 4.78 is 39.7. The lowest BCUT2D eigenvalue weighted by Gasteiger charge is -2.32. The van der Waals surface area contributed by atoms with Gasteiger partial charge in [-0.1, -0.05) is 54.8 Å². The Hall–Kier alpha value is -3.76. The van der Waals surface area contributed by atoms with Gasteiger partial charge in [-0.3, -0.25) is 13.9 Å². The molecule has 1 aliphatic carbocycles. The van der Waals surface area contributed by atoms with Crippen molar-refractivity contribution < 1.29 is 27.5 Å². The zero-order valence-corrected chi connectivity index (χ0v) is 25.5. The standard InChI is InChI=1S/C31H36ClN3O6S/c1-22(31(37)33-25-9-7-8-10-25)34(20-23-13-15-24(32)16-14-23)30(36)21-35(26-11-5-4-6-12-26)42(38,39)27-17-18-28(40-2)29(19-27)41-3/h4-6,11-19,22,25H,7-10,20-21H2,1-3H3,(H,33,37)/t22-/m0/s1. The molecule has 1 fully saturated rings. The van der Waals surface area contributed by atoms with E-state index in [4.69, 9.17) is 21.1 Å². The number of hydrogen-bond acceptors (Lipinski definition) is 6. The summed E-state index contributed by atoms with van der Waals surface area (Å²) in [5.74, 6) is -0.209. The highest BCUT2D eigenvalue weighted by Crippen LogP contribution is 2.32. The van der Waals surface area contributed by atoms with Crippen LogP contribution < -0.4 is 19.1 Å². The highest BCUT2D eigenvalue weighted by atomic mass is 35.5. The van der Waals surface area contributed by atoms with E-state index in [2.05, 4.69) is 5.32 Å². The van der Waals surface area contributed by atoms with E-state index in [1.165, 1.54) is 37.3 Å². The number of amides is 2. The van der Waals surface area contributed by atoms with Crippen molar-refractivity contribution in [2.75, 3.05) is 25.1 Å². The number of halogens is 1. The van der Waals surface area contributed by atoms with Crippen molar-refractivity contribution in [3.8, 4) is 11.5 Å². The van der Waals surface area contributed by atoms with E-state index >= 15 is 0 Å². The maximum Gasteiger partial charge on any atom is 0.264 e. The van der Waals surface area contributed by atoms with Crippen LogP contribution in [0.3, 0.4) is 0 Å². The summed E-state index contributed by atoms with van der Waals surface area (Å²) in [7, 11) is -1.38. The molecule has 0 radical (unpaired) electrons. The van der Waals surface area contributed by atoms with Crippen molar-refractivity contribution >= 4 is 39.1 Å². The number of methoxy groups -OCH3 is 2. The number of ether oxygens (including phenoxy) is 2. The van der Waals surface area contributed by atoms with Gasteiger partial charge in [0.2, 0.25) is 11.8 Å². The molecule has 1 aliphatic rings. The molecule has 11 heteroatoms. The predicted molar refractivity (Wildman–Crippen MR) is 162 cm³/mol. The molecular formula is C31H36ClN3O6S. The molecule has 1 saturated carbocycles. The lowest BCUT2D eigenvalue weighted by Crippen LogP contribution is -2.52. The molecule has 3 aromatic carbocycles. The zero-order chi connectivity index (χ0) is 30.3. The first-order valence-electron chi connectivity index (χ1n) is 13.8. The fourth-order valence-electron chi connectivity index (χ4n) is 4.99. The quantitative estimate of drug-likeness (QED) is 0.307. The van der Waals surface area contributed by atoms with Crippen LogP contribution in [0.1, 0.15) is 38.2 Å². The van der Waals surface area contributed by atoms with Gasteiger partial charge in [-0.05, 0) is 61.7 Å². The lowest BCUT2D eigenvalue weighted by atomic mass is 10.1. The number of anilines is 1. The Morgan fingerprint density at radius 2 is 1.60 bits per heavy atom. The molecule has 0 spiro atoms. The van der Waals surface area contributed by atoms with Crippen LogP contribution in [0.5, 0.6) is 11.5 Å². The molecule has 9 nitrogen and oxygen atoms in total. The fourth-order valence-corrected chi connectivity index (χ4v) is 6.54. The van der Waals surface area contributed by atoms with Crippen LogP contribution in [0, 0.1) is 0 Å². The van der Waals surface area contributed by atoms with Crippen LogP contribution in [0.25, 0.3) is 0 Å². The molecule has 0 aliphatic heterocycles. The van der Waals surface area contributed by atoms with E-state index in [1.807, 2.05) is 0 Å². The minimum atomic E-state index is -4.25. The molecule has 0 heterocycles. The monoisotopic (exact) mass is 613 g/mol. The van der Waals surface area contributed by atoms with Gasteiger partial charge in [0.1, 0.15) is 12.6 Å². The van der Waals surface area contributed by atoms with Gasteiger partial charge in [0, 0.05) is 23.7 Å². The summed E-state index contributed by atoms with van der Waals surface area (Å²) in [5.41, 5.74) is 1.05. The third-order valence-electron chi connectivity index (χ3n) is 7.40. The molecule has 0 unspecified atom stereocenters. The maximum atomic E-state index is 14.1. The average Bonchev–Trinajstić information content (AvgIpc) is 3.52. The van der Waals surface area contributed by atoms with Gasteiger partial charge in [0.15, 0.2) is 11.5 Å². The van der Waals surface area contributed by atoms with Crippen LogP contribution in [-0.4, -0.2) is 58.0 Å².